The van der Waals surface area contributed by atoms with Gasteiger partial charge < -0.3 is 10.4 Å². The number of para-hydroxylation sites is 2. The number of aliphatic imine (C=N–C) groups is 2. The number of hydrogen-bond acceptors (Lipinski definition) is 4. The van der Waals surface area contributed by atoms with E-state index in [2.05, 4.69) is 15.3 Å². The van der Waals surface area contributed by atoms with Gasteiger partial charge in [-0.3, -0.25) is 9.79 Å². The highest BCUT2D eigenvalue weighted by Gasteiger charge is 2.26. The molecule has 1 heterocycles. The largest absolute Gasteiger partial charge is 0.478 e. The summed E-state index contributed by atoms with van der Waals surface area (Å²) in [6, 6.07) is 14.5. The van der Waals surface area contributed by atoms with Crippen LogP contribution in [0.1, 0.15) is 18.4 Å². The van der Waals surface area contributed by atoms with Crippen molar-refractivity contribution in [2.75, 3.05) is 0 Å². The molecule has 1 amide bonds. The van der Waals surface area contributed by atoms with Crippen LogP contribution in [0.5, 0.6) is 0 Å². The highest BCUT2D eigenvalue weighted by atomic mass is 35.5. The van der Waals surface area contributed by atoms with E-state index >= 15 is 0 Å². The summed E-state index contributed by atoms with van der Waals surface area (Å²) in [4.78, 5) is 32.1. The molecule has 0 aliphatic carbocycles. The van der Waals surface area contributed by atoms with Gasteiger partial charge in [-0.05, 0) is 36.8 Å². The second kappa shape index (κ2) is 7.97. The number of hydrogen-bond donors (Lipinski definition) is 2. The Morgan fingerprint density at radius 2 is 1.67 bits per heavy atom. The molecule has 136 valence electrons. The van der Waals surface area contributed by atoms with E-state index in [0.717, 1.165) is 23.4 Å². The number of amides is 1. The number of amidine groups is 1. The fraction of sp³-hybridized carbons (Fsp3) is 0.100. The number of carboxylic acids is 1. The van der Waals surface area contributed by atoms with Crippen molar-refractivity contribution >= 4 is 46.4 Å². The number of rotatable bonds is 3. The van der Waals surface area contributed by atoms with Crippen LogP contribution in [0.25, 0.3) is 0 Å². The predicted molar refractivity (Wildman–Crippen MR) is 105 cm³/mol. The number of nitrogens with zero attached hydrogens (tertiary/aromatic N) is 2. The van der Waals surface area contributed by atoms with E-state index in [1.165, 1.54) is 0 Å². The summed E-state index contributed by atoms with van der Waals surface area (Å²) in [6.45, 7) is 1.86. The van der Waals surface area contributed by atoms with Crippen LogP contribution in [0.2, 0.25) is 5.02 Å². The number of nitrogens with one attached hydrogen (secondary N) is 1. The second-order valence-corrected chi connectivity index (χ2v) is 6.32. The van der Waals surface area contributed by atoms with Crippen molar-refractivity contribution in [2.45, 2.75) is 12.8 Å². The molecule has 1 aliphatic heterocycles. The van der Waals surface area contributed by atoms with Crippen molar-refractivity contribution in [1.82, 2.24) is 5.32 Å². The van der Waals surface area contributed by atoms with Crippen LogP contribution in [0.3, 0.4) is 0 Å². The van der Waals surface area contributed by atoms with Gasteiger partial charge in [0.15, 0.2) is 0 Å². The first kappa shape index (κ1) is 18.5. The standard InChI is InChI=1S/C20H16ClN3O3/c1-12-19(13-6-8-14(21)9-7-13)20(24-17(25)10-11-18(26)27)23-16-5-3-2-4-15(16)22-12/h2-11,19H,1H3,(H,26,27)(H,23,24,25)/b11-10+. The van der Waals surface area contributed by atoms with Crippen LogP contribution >= 0.6 is 11.6 Å². The van der Waals surface area contributed by atoms with Gasteiger partial charge in [-0.15, -0.1) is 0 Å². The van der Waals surface area contributed by atoms with Gasteiger partial charge in [0.1, 0.15) is 5.84 Å². The van der Waals surface area contributed by atoms with Crippen LogP contribution in [0, 0.1) is 0 Å². The lowest BCUT2D eigenvalue weighted by atomic mass is 9.93. The van der Waals surface area contributed by atoms with E-state index in [1.807, 2.05) is 37.3 Å². The smallest absolute Gasteiger partial charge is 0.328 e. The first-order chi connectivity index (χ1) is 12.9. The average Bonchev–Trinajstić information content (AvgIpc) is 2.76. The summed E-state index contributed by atoms with van der Waals surface area (Å²) in [7, 11) is 0. The highest BCUT2D eigenvalue weighted by Crippen LogP contribution is 2.34. The van der Waals surface area contributed by atoms with Crippen molar-refractivity contribution in [3.8, 4) is 0 Å². The van der Waals surface area contributed by atoms with Gasteiger partial charge in [-0.25, -0.2) is 9.79 Å². The summed E-state index contributed by atoms with van der Waals surface area (Å²) < 4.78 is 0. The van der Waals surface area contributed by atoms with E-state index in [1.54, 1.807) is 18.2 Å². The van der Waals surface area contributed by atoms with E-state index < -0.39 is 17.8 Å². The Balaban J connectivity index is 2.06. The second-order valence-electron chi connectivity index (χ2n) is 5.88. The molecular weight excluding hydrogens is 366 g/mol. The molecule has 0 radical (unpaired) electrons. The molecule has 1 atom stereocenters. The third kappa shape index (κ3) is 4.48. The number of benzene rings is 2. The van der Waals surface area contributed by atoms with Gasteiger partial charge in [0.2, 0.25) is 5.91 Å². The van der Waals surface area contributed by atoms with Crippen LogP contribution in [0.15, 0.2) is 70.7 Å². The molecule has 0 saturated carbocycles. The number of halogens is 1. The monoisotopic (exact) mass is 381 g/mol. The van der Waals surface area contributed by atoms with Gasteiger partial charge in [-0.1, -0.05) is 35.9 Å². The number of carbonyl (C=O) groups excluding carboxylic acids is 1. The van der Waals surface area contributed by atoms with Crippen LogP contribution in [-0.4, -0.2) is 28.5 Å². The zero-order valence-electron chi connectivity index (χ0n) is 14.4. The summed E-state index contributed by atoms with van der Waals surface area (Å²) in [5.74, 6) is -1.83. The molecule has 2 aromatic rings. The normalized spacial score (nSPS) is 16.1. The zero-order valence-corrected chi connectivity index (χ0v) is 15.1. The molecule has 7 heteroatoms. The number of fused-ring (bicyclic) bond motifs is 1. The molecule has 3 rings (SSSR count). The Morgan fingerprint density at radius 1 is 1.04 bits per heavy atom. The molecule has 2 N–H and O–H groups in total. The third-order valence-corrected chi connectivity index (χ3v) is 4.19. The maximum atomic E-state index is 12.2. The molecule has 27 heavy (non-hydrogen) atoms. The van der Waals surface area contributed by atoms with Crippen LogP contribution in [-0.2, 0) is 9.59 Å². The van der Waals surface area contributed by atoms with E-state index in [0.29, 0.717) is 22.2 Å². The van der Waals surface area contributed by atoms with Crippen LogP contribution < -0.4 is 5.32 Å². The first-order valence-electron chi connectivity index (χ1n) is 8.14. The van der Waals surface area contributed by atoms with Crippen molar-refractivity contribution in [3.63, 3.8) is 0 Å². The van der Waals surface area contributed by atoms with E-state index in [-0.39, 0.29) is 0 Å². The fourth-order valence-electron chi connectivity index (χ4n) is 2.77. The molecule has 2 aromatic carbocycles. The van der Waals surface area contributed by atoms with Gasteiger partial charge >= 0.3 is 5.97 Å². The summed E-state index contributed by atoms with van der Waals surface area (Å²) in [5.41, 5.74) is 2.91. The summed E-state index contributed by atoms with van der Waals surface area (Å²) in [6.07, 6.45) is 1.73. The van der Waals surface area contributed by atoms with Crippen molar-refractivity contribution < 1.29 is 14.7 Å². The highest BCUT2D eigenvalue weighted by molar-refractivity contribution is 6.30. The quantitative estimate of drug-likeness (QED) is 0.786. The Bertz CT molecular complexity index is 978. The first-order valence-corrected chi connectivity index (χ1v) is 8.52. The summed E-state index contributed by atoms with van der Waals surface area (Å²) >= 11 is 5.99. The summed E-state index contributed by atoms with van der Waals surface area (Å²) in [5, 5.41) is 12.0. The average molecular weight is 382 g/mol. The number of carbonyl (C=O) groups is 2. The van der Waals surface area contributed by atoms with Gasteiger partial charge in [0.25, 0.3) is 0 Å². The van der Waals surface area contributed by atoms with Crippen LogP contribution in [0.4, 0.5) is 11.4 Å². The van der Waals surface area contributed by atoms with Gasteiger partial charge in [0.05, 0.1) is 17.3 Å². The predicted octanol–water partition coefficient (Wildman–Crippen LogP) is 4.02. The van der Waals surface area contributed by atoms with E-state index in [9.17, 15) is 9.59 Å². The van der Waals surface area contributed by atoms with Gasteiger partial charge in [0, 0.05) is 22.9 Å². The fourth-order valence-corrected chi connectivity index (χ4v) is 2.90. The lowest BCUT2D eigenvalue weighted by Crippen LogP contribution is -2.36. The van der Waals surface area contributed by atoms with Crippen molar-refractivity contribution in [1.29, 1.82) is 0 Å². The lowest BCUT2D eigenvalue weighted by molar-refractivity contribution is -0.131. The van der Waals surface area contributed by atoms with Crippen molar-refractivity contribution in [3.05, 3.63) is 71.3 Å². The number of aliphatic carboxylic acids is 1. The van der Waals surface area contributed by atoms with Crippen molar-refractivity contribution in [2.24, 2.45) is 9.98 Å². The Kier molecular flexibility index (Phi) is 5.47. The molecule has 6 nitrogen and oxygen atoms in total. The molecule has 0 saturated heterocycles. The maximum absolute atomic E-state index is 12.2. The minimum absolute atomic E-state index is 0.364. The van der Waals surface area contributed by atoms with Gasteiger partial charge in [-0.2, -0.15) is 0 Å². The zero-order chi connectivity index (χ0) is 19.4. The molecule has 1 aliphatic rings. The Hall–Kier alpha value is -3.25. The third-order valence-electron chi connectivity index (χ3n) is 3.94. The lowest BCUT2D eigenvalue weighted by Gasteiger charge is -2.19. The molecule has 0 spiro atoms. The molecule has 0 aromatic heterocycles. The molecule has 0 fully saturated rings. The molecule has 1 unspecified atom stereocenters. The maximum Gasteiger partial charge on any atom is 0.328 e. The number of carboxylic acid groups (broad SMARTS) is 1. The Morgan fingerprint density at radius 3 is 2.30 bits per heavy atom. The minimum Gasteiger partial charge on any atom is -0.478 e. The molecule has 0 bridgehead atoms. The van der Waals surface area contributed by atoms with E-state index in [4.69, 9.17) is 16.7 Å². The minimum atomic E-state index is -1.20. The Labute approximate surface area is 160 Å². The SMILES string of the molecule is CC1=Nc2ccccc2N=C(NC(=O)/C=C/C(=O)O)C1c1ccc(Cl)cc1. The topological polar surface area (TPSA) is 91.1 Å². The molecular formula is C20H16ClN3O3.